The number of hydrogen-bond acceptors (Lipinski definition) is 7. The largest absolute Gasteiger partial charge is 0.482 e. The number of ether oxygens (including phenoxy) is 2. The highest BCUT2D eigenvalue weighted by atomic mass is 32.2. The summed E-state index contributed by atoms with van der Waals surface area (Å²) in [5.41, 5.74) is 6.64. The minimum atomic E-state index is -1.30. The van der Waals surface area contributed by atoms with E-state index in [1.54, 1.807) is 31.2 Å². The molecule has 0 spiro atoms. The van der Waals surface area contributed by atoms with Gasteiger partial charge in [-0.1, -0.05) is 12.1 Å². The average molecular weight is 540 g/mol. The Morgan fingerprint density at radius 1 is 1.14 bits per heavy atom. The quantitative estimate of drug-likeness (QED) is 0.334. The fraction of sp³-hybridized carbons (Fsp3) is 0.400. The van der Waals surface area contributed by atoms with E-state index in [0.29, 0.717) is 24.1 Å². The van der Waals surface area contributed by atoms with Gasteiger partial charge < -0.3 is 25.4 Å². The van der Waals surface area contributed by atoms with Gasteiger partial charge in [-0.15, -0.1) is 11.8 Å². The lowest BCUT2D eigenvalue weighted by molar-refractivity contribution is -0.145. The molecular weight excluding hydrogens is 511 g/mol. The van der Waals surface area contributed by atoms with Crippen molar-refractivity contribution in [1.29, 1.82) is 0 Å². The van der Waals surface area contributed by atoms with Crippen LogP contribution in [0.3, 0.4) is 0 Å². The van der Waals surface area contributed by atoms with Crippen LogP contribution in [0.25, 0.3) is 0 Å². The van der Waals surface area contributed by atoms with E-state index in [1.807, 2.05) is 0 Å². The zero-order chi connectivity index (χ0) is 26.9. The summed E-state index contributed by atoms with van der Waals surface area (Å²) in [4.78, 5) is 38.4. The van der Waals surface area contributed by atoms with Crippen molar-refractivity contribution in [3.63, 3.8) is 0 Å². The van der Waals surface area contributed by atoms with E-state index >= 15 is 0 Å². The summed E-state index contributed by atoms with van der Waals surface area (Å²) in [6, 6.07) is 7.14. The molecule has 0 aromatic heterocycles. The summed E-state index contributed by atoms with van der Waals surface area (Å²) < 4.78 is 50.6. The molecule has 1 fully saturated rings. The first kappa shape index (κ1) is 28.3. The summed E-state index contributed by atoms with van der Waals surface area (Å²) in [5.74, 6) is -3.59. The van der Waals surface area contributed by atoms with Crippen LogP contribution in [0.4, 0.5) is 13.2 Å². The fourth-order valence-electron chi connectivity index (χ4n) is 3.68. The number of carbonyl (C=O) groups excluding carboxylic acids is 3. The third kappa shape index (κ3) is 8.12. The van der Waals surface area contributed by atoms with Gasteiger partial charge in [0.05, 0.1) is 6.61 Å². The lowest BCUT2D eigenvalue weighted by Crippen LogP contribution is -2.46. The number of amides is 2. The van der Waals surface area contributed by atoms with E-state index in [0.717, 1.165) is 11.6 Å². The fourth-order valence-corrected chi connectivity index (χ4v) is 4.85. The number of carbonyl (C=O) groups is 3. The highest BCUT2D eigenvalue weighted by Gasteiger charge is 2.35. The van der Waals surface area contributed by atoms with Crippen LogP contribution in [0.2, 0.25) is 0 Å². The molecule has 2 amide bonds. The molecule has 0 saturated carbocycles. The van der Waals surface area contributed by atoms with Gasteiger partial charge in [0, 0.05) is 37.4 Å². The lowest BCUT2D eigenvalue weighted by Gasteiger charge is -2.24. The second kappa shape index (κ2) is 13.3. The molecule has 1 aliphatic rings. The predicted octanol–water partition coefficient (Wildman–Crippen LogP) is 2.52. The molecule has 1 heterocycles. The molecule has 1 aliphatic heterocycles. The maximum atomic E-state index is 13.9. The summed E-state index contributed by atoms with van der Waals surface area (Å²) in [7, 11) is 0. The zero-order valence-corrected chi connectivity index (χ0v) is 21.0. The molecule has 2 atom stereocenters. The molecule has 3 rings (SSSR count). The minimum Gasteiger partial charge on any atom is -0.482 e. The third-order valence-corrected chi connectivity index (χ3v) is 6.70. The van der Waals surface area contributed by atoms with Gasteiger partial charge in [0.1, 0.15) is 11.6 Å². The van der Waals surface area contributed by atoms with Crippen molar-refractivity contribution in [3.8, 4) is 5.75 Å². The van der Waals surface area contributed by atoms with E-state index in [9.17, 15) is 27.6 Å². The monoisotopic (exact) mass is 539 g/mol. The number of thioether (sulfide) groups is 1. The first-order valence-corrected chi connectivity index (χ1v) is 12.7. The average Bonchev–Trinajstić information content (AvgIpc) is 3.36. The van der Waals surface area contributed by atoms with Gasteiger partial charge in [-0.05, 0) is 42.7 Å². The van der Waals surface area contributed by atoms with Crippen molar-refractivity contribution in [1.82, 2.24) is 10.2 Å². The topological polar surface area (TPSA) is 111 Å². The number of halogens is 3. The highest BCUT2D eigenvalue weighted by molar-refractivity contribution is 8.00. The van der Waals surface area contributed by atoms with E-state index < -0.39 is 34.8 Å². The van der Waals surface area contributed by atoms with Gasteiger partial charge >= 0.3 is 5.97 Å². The standard InChI is InChI=1S/C25H28F3N3O5S/c1-2-35-23(33)14-36-18-5-3-15(4-6-18)13-30-24(34)25-31(7-8-37-25)22(32)11-17(29)9-16-10-20(27)21(28)12-19(16)26/h3-6,10,12,17,25H,2,7-9,11,13-14,29H2,1H3,(H,30,34). The Balaban J connectivity index is 1.49. The second-order valence-electron chi connectivity index (χ2n) is 8.29. The van der Waals surface area contributed by atoms with Crippen molar-refractivity contribution < 1.29 is 37.0 Å². The maximum absolute atomic E-state index is 13.9. The Kier molecular flexibility index (Phi) is 10.2. The first-order chi connectivity index (χ1) is 17.7. The predicted molar refractivity (Wildman–Crippen MR) is 131 cm³/mol. The molecule has 200 valence electrons. The van der Waals surface area contributed by atoms with Crippen LogP contribution in [0.1, 0.15) is 24.5 Å². The second-order valence-corrected chi connectivity index (χ2v) is 9.48. The van der Waals surface area contributed by atoms with Gasteiger partial charge in [0.2, 0.25) is 5.91 Å². The van der Waals surface area contributed by atoms with Gasteiger partial charge in [-0.2, -0.15) is 0 Å². The van der Waals surface area contributed by atoms with Gasteiger partial charge in [-0.25, -0.2) is 18.0 Å². The van der Waals surface area contributed by atoms with E-state index in [1.165, 1.54) is 16.7 Å². The summed E-state index contributed by atoms with van der Waals surface area (Å²) >= 11 is 1.31. The molecule has 2 unspecified atom stereocenters. The number of nitrogens with two attached hydrogens (primary N) is 1. The van der Waals surface area contributed by atoms with Crippen molar-refractivity contribution in [2.24, 2.45) is 5.73 Å². The smallest absolute Gasteiger partial charge is 0.344 e. The normalized spacial score (nSPS) is 15.8. The number of hydrogen-bond donors (Lipinski definition) is 2. The van der Waals surface area contributed by atoms with E-state index in [-0.39, 0.29) is 50.0 Å². The maximum Gasteiger partial charge on any atom is 0.344 e. The van der Waals surface area contributed by atoms with Crippen LogP contribution in [-0.2, 0) is 32.1 Å². The third-order valence-electron chi connectivity index (χ3n) is 5.50. The number of nitrogens with one attached hydrogen (secondary N) is 1. The molecule has 8 nitrogen and oxygen atoms in total. The van der Waals surface area contributed by atoms with Crippen molar-refractivity contribution >= 4 is 29.5 Å². The zero-order valence-electron chi connectivity index (χ0n) is 20.2. The molecule has 0 aliphatic carbocycles. The number of rotatable bonds is 11. The Morgan fingerprint density at radius 2 is 1.84 bits per heavy atom. The lowest BCUT2D eigenvalue weighted by atomic mass is 10.0. The molecule has 2 aromatic rings. The van der Waals surface area contributed by atoms with Gasteiger partial charge in [0.25, 0.3) is 5.91 Å². The number of esters is 1. The van der Waals surface area contributed by atoms with Crippen molar-refractivity contribution in [2.45, 2.75) is 37.7 Å². The van der Waals surface area contributed by atoms with Crippen LogP contribution in [0.15, 0.2) is 36.4 Å². The SMILES string of the molecule is CCOC(=O)COc1ccc(CNC(=O)C2SCCN2C(=O)CC(N)Cc2cc(F)c(F)cc2F)cc1. The number of benzene rings is 2. The molecule has 3 N–H and O–H groups in total. The number of nitrogens with zero attached hydrogens (tertiary/aromatic N) is 1. The molecule has 37 heavy (non-hydrogen) atoms. The molecule has 0 bridgehead atoms. The summed E-state index contributed by atoms with van der Waals surface area (Å²) in [6.07, 6.45) is -0.345. The highest BCUT2D eigenvalue weighted by Crippen LogP contribution is 2.25. The summed E-state index contributed by atoms with van der Waals surface area (Å²) in [6.45, 7) is 2.33. The van der Waals surface area contributed by atoms with E-state index in [2.05, 4.69) is 5.32 Å². The Labute approximate surface area is 216 Å². The minimum absolute atomic E-state index is 0.124. The molecular formula is C25H28F3N3O5S. The Morgan fingerprint density at radius 3 is 2.54 bits per heavy atom. The van der Waals surface area contributed by atoms with Crippen molar-refractivity contribution in [3.05, 3.63) is 65.0 Å². The molecule has 2 aromatic carbocycles. The van der Waals surface area contributed by atoms with Crippen LogP contribution in [0, 0.1) is 17.5 Å². The Hall–Kier alpha value is -3.25. The van der Waals surface area contributed by atoms with E-state index in [4.69, 9.17) is 15.2 Å². The molecule has 1 saturated heterocycles. The first-order valence-electron chi connectivity index (χ1n) is 11.6. The summed E-state index contributed by atoms with van der Waals surface area (Å²) in [5, 5.41) is 2.05. The van der Waals surface area contributed by atoms with Gasteiger partial charge in [-0.3, -0.25) is 9.59 Å². The van der Waals surface area contributed by atoms with Crippen LogP contribution < -0.4 is 15.8 Å². The van der Waals surface area contributed by atoms with Gasteiger partial charge in [0.15, 0.2) is 23.6 Å². The molecule has 12 heteroatoms. The van der Waals surface area contributed by atoms with Crippen LogP contribution in [0.5, 0.6) is 5.75 Å². The Bertz CT molecular complexity index is 1120. The molecule has 0 radical (unpaired) electrons. The van der Waals surface area contributed by atoms with Crippen LogP contribution >= 0.6 is 11.8 Å². The van der Waals surface area contributed by atoms with Crippen molar-refractivity contribution in [2.75, 3.05) is 25.5 Å². The van der Waals surface area contributed by atoms with Crippen LogP contribution in [-0.4, -0.2) is 59.6 Å².